The molecular weight excluding hydrogens is 334 g/mol. The van der Waals surface area contributed by atoms with Crippen LogP contribution in [0.5, 0.6) is 0 Å². The standard InChI is InChI=1S/C19H19N3O4/c23-17(21-8-7-13-4-1-2-5-14(13)11-21)10-16-18(24)22(19(25)20-16)12-15-6-3-9-26-15/h1-6,9,16H,7-8,10-12H2,(H,20,25). The van der Waals surface area contributed by atoms with E-state index >= 15 is 0 Å². The lowest BCUT2D eigenvalue weighted by molar-refractivity contribution is -0.136. The van der Waals surface area contributed by atoms with Crippen molar-refractivity contribution in [3.63, 3.8) is 0 Å². The first-order chi connectivity index (χ1) is 12.6. The molecule has 4 amide bonds. The zero-order valence-corrected chi connectivity index (χ0v) is 14.2. The highest BCUT2D eigenvalue weighted by Crippen LogP contribution is 2.21. The largest absolute Gasteiger partial charge is 0.467 e. The van der Waals surface area contributed by atoms with E-state index in [2.05, 4.69) is 11.4 Å². The van der Waals surface area contributed by atoms with Crippen LogP contribution < -0.4 is 5.32 Å². The molecule has 0 bridgehead atoms. The highest BCUT2D eigenvalue weighted by Gasteiger charge is 2.40. The number of hydrogen-bond acceptors (Lipinski definition) is 4. The minimum atomic E-state index is -0.817. The third-order valence-corrected chi connectivity index (χ3v) is 4.86. The molecule has 3 heterocycles. The van der Waals surface area contributed by atoms with Crippen LogP contribution in [0.25, 0.3) is 0 Å². The highest BCUT2D eigenvalue weighted by atomic mass is 16.3. The van der Waals surface area contributed by atoms with Gasteiger partial charge in [-0.05, 0) is 29.7 Å². The molecule has 1 aromatic heterocycles. The number of hydrogen-bond donors (Lipinski definition) is 1. The molecule has 1 N–H and O–H groups in total. The predicted molar refractivity (Wildman–Crippen MR) is 91.8 cm³/mol. The van der Waals surface area contributed by atoms with Gasteiger partial charge >= 0.3 is 6.03 Å². The Labute approximate surface area is 150 Å². The van der Waals surface area contributed by atoms with Gasteiger partial charge in [0, 0.05) is 13.1 Å². The van der Waals surface area contributed by atoms with Gasteiger partial charge in [0.05, 0.1) is 19.2 Å². The SMILES string of the molecule is O=C(CC1NC(=O)N(Cc2ccco2)C1=O)N1CCc2ccccc2C1. The minimum Gasteiger partial charge on any atom is -0.467 e. The number of furan rings is 1. The number of benzene rings is 1. The van der Waals surface area contributed by atoms with E-state index in [9.17, 15) is 14.4 Å². The van der Waals surface area contributed by atoms with Crippen LogP contribution in [0, 0.1) is 0 Å². The van der Waals surface area contributed by atoms with Gasteiger partial charge in [-0.2, -0.15) is 0 Å². The Morgan fingerprint density at radius 2 is 1.96 bits per heavy atom. The third kappa shape index (κ3) is 3.08. The van der Waals surface area contributed by atoms with Crippen LogP contribution in [-0.2, 0) is 29.1 Å². The summed E-state index contributed by atoms with van der Waals surface area (Å²) in [6.07, 6.45) is 2.27. The summed E-state index contributed by atoms with van der Waals surface area (Å²) >= 11 is 0. The van der Waals surface area contributed by atoms with E-state index in [0.717, 1.165) is 16.9 Å². The molecule has 1 saturated heterocycles. The first kappa shape index (κ1) is 16.4. The van der Waals surface area contributed by atoms with E-state index in [1.807, 2.05) is 18.2 Å². The van der Waals surface area contributed by atoms with Crippen molar-refractivity contribution in [1.82, 2.24) is 15.1 Å². The second-order valence-electron chi connectivity index (χ2n) is 6.54. The fourth-order valence-corrected chi connectivity index (χ4v) is 3.44. The van der Waals surface area contributed by atoms with Crippen LogP contribution in [0.1, 0.15) is 23.3 Å². The molecule has 1 aromatic carbocycles. The zero-order chi connectivity index (χ0) is 18.1. The van der Waals surface area contributed by atoms with Crippen molar-refractivity contribution in [3.8, 4) is 0 Å². The third-order valence-electron chi connectivity index (χ3n) is 4.86. The van der Waals surface area contributed by atoms with E-state index in [1.165, 1.54) is 11.8 Å². The number of amides is 4. The molecule has 0 spiro atoms. The Morgan fingerprint density at radius 1 is 1.15 bits per heavy atom. The lowest BCUT2D eigenvalue weighted by Gasteiger charge is -2.29. The number of fused-ring (bicyclic) bond motifs is 1. The highest BCUT2D eigenvalue weighted by molar-refractivity contribution is 6.05. The molecule has 2 aromatic rings. The van der Waals surface area contributed by atoms with Gasteiger partial charge in [0.2, 0.25) is 5.91 Å². The number of imide groups is 1. The fraction of sp³-hybridized carbons (Fsp3) is 0.316. The molecule has 1 unspecified atom stereocenters. The second kappa shape index (κ2) is 6.67. The van der Waals surface area contributed by atoms with Crippen molar-refractivity contribution in [2.45, 2.75) is 32.0 Å². The number of carbonyl (C=O) groups is 3. The monoisotopic (exact) mass is 353 g/mol. The molecule has 7 nitrogen and oxygen atoms in total. The maximum absolute atomic E-state index is 12.6. The molecule has 2 aliphatic rings. The minimum absolute atomic E-state index is 0.0264. The lowest BCUT2D eigenvalue weighted by atomic mass is 9.99. The van der Waals surface area contributed by atoms with Crippen LogP contribution >= 0.6 is 0 Å². The second-order valence-corrected chi connectivity index (χ2v) is 6.54. The smallest absolute Gasteiger partial charge is 0.325 e. The zero-order valence-electron chi connectivity index (χ0n) is 14.2. The summed E-state index contributed by atoms with van der Waals surface area (Å²) in [7, 11) is 0. The quantitative estimate of drug-likeness (QED) is 0.848. The first-order valence-corrected chi connectivity index (χ1v) is 8.60. The fourth-order valence-electron chi connectivity index (χ4n) is 3.44. The van der Waals surface area contributed by atoms with Crippen molar-refractivity contribution in [3.05, 3.63) is 59.5 Å². The normalized spacial score (nSPS) is 19.5. The van der Waals surface area contributed by atoms with Gasteiger partial charge in [-0.25, -0.2) is 4.79 Å². The molecule has 1 atom stereocenters. The van der Waals surface area contributed by atoms with Gasteiger partial charge in [0.15, 0.2) is 0 Å². The summed E-state index contributed by atoms with van der Waals surface area (Å²) in [5.41, 5.74) is 2.39. The molecule has 0 radical (unpaired) electrons. The van der Waals surface area contributed by atoms with Crippen molar-refractivity contribution < 1.29 is 18.8 Å². The average molecular weight is 353 g/mol. The Hall–Kier alpha value is -3.09. The molecule has 0 aliphatic carbocycles. The van der Waals surface area contributed by atoms with Crippen LogP contribution in [0.4, 0.5) is 4.79 Å². The van der Waals surface area contributed by atoms with Crippen LogP contribution in [0.3, 0.4) is 0 Å². The number of rotatable bonds is 4. The Kier molecular flexibility index (Phi) is 4.20. The number of carbonyl (C=O) groups excluding carboxylic acids is 3. The van der Waals surface area contributed by atoms with Gasteiger partial charge < -0.3 is 14.6 Å². The Balaban J connectivity index is 1.39. The summed E-state index contributed by atoms with van der Waals surface area (Å²) in [6, 6.07) is 10.1. The summed E-state index contributed by atoms with van der Waals surface area (Å²) < 4.78 is 5.19. The average Bonchev–Trinajstić information content (AvgIpc) is 3.25. The van der Waals surface area contributed by atoms with Gasteiger partial charge in [0.25, 0.3) is 5.91 Å². The van der Waals surface area contributed by atoms with E-state index < -0.39 is 18.0 Å². The summed E-state index contributed by atoms with van der Waals surface area (Å²) in [5, 5.41) is 2.60. The molecule has 1 fully saturated rings. The Bertz CT molecular complexity index is 846. The van der Waals surface area contributed by atoms with Gasteiger partial charge in [-0.15, -0.1) is 0 Å². The lowest BCUT2D eigenvalue weighted by Crippen LogP contribution is -2.41. The van der Waals surface area contributed by atoms with Crippen molar-refractivity contribution >= 4 is 17.8 Å². The summed E-state index contributed by atoms with van der Waals surface area (Å²) in [5.74, 6) is 0.00303. The van der Waals surface area contributed by atoms with Crippen LogP contribution in [0.2, 0.25) is 0 Å². The van der Waals surface area contributed by atoms with Crippen LogP contribution in [0.15, 0.2) is 47.1 Å². The van der Waals surface area contributed by atoms with Gasteiger partial charge in [0.1, 0.15) is 11.8 Å². The maximum Gasteiger partial charge on any atom is 0.325 e. The molecule has 134 valence electrons. The van der Waals surface area contributed by atoms with E-state index in [0.29, 0.717) is 18.8 Å². The topological polar surface area (TPSA) is 82.9 Å². The van der Waals surface area contributed by atoms with Crippen molar-refractivity contribution in [2.75, 3.05) is 6.54 Å². The Morgan fingerprint density at radius 3 is 2.73 bits per heavy atom. The van der Waals surface area contributed by atoms with E-state index in [-0.39, 0.29) is 18.9 Å². The summed E-state index contributed by atoms with van der Waals surface area (Å²) in [6.45, 7) is 1.24. The van der Waals surface area contributed by atoms with Crippen LogP contribution in [-0.4, -0.2) is 40.2 Å². The molecule has 2 aliphatic heterocycles. The van der Waals surface area contributed by atoms with Crippen molar-refractivity contribution in [2.24, 2.45) is 0 Å². The van der Waals surface area contributed by atoms with Gasteiger partial charge in [-0.3, -0.25) is 14.5 Å². The van der Waals surface area contributed by atoms with Crippen molar-refractivity contribution in [1.29, 1.82) is 0 Å². The first-order valence-electron chi connectivity index (χ1n) is 8.60. The molecular formula is C19H19N3O4. The van der Waals surface area contributed by atoms with Gasteiger partial charge in [-0.1, -0.05) is 24.3 Å². The number of urea groups is 1. The number of nitrogens with one attached hydrogen (secondary N) is 1. The molecule has 0 saturated carbocycles. The van der Waals surface area contributed by atoms with E-state index in [1.54, 1.807) is 17.0 Å². The summed E-state index contributed by atoms with van der Waals surface area (Å²) in [4.78, 5) is 40.0. The molecule has 7 heteroatoms. The maximum atomic E-state index is 12.6. The number of nitrogens with zero attached hydrogens (tertiary/aromatic N) is 2. The predicted octanol–water partition coefficient (Wildman–Crippen LogP) is 1.67. The molecule has 4 rings (SSSR count). The molecule has 26 heavy (non-hydrogen) atoms. The van der Waals surface area contributed by atoms with E-state index in [4.69, 9.17) is 4.42 Å².